The zero-order valence-corrected chi connectivity index (χ0v) is 19.0. The first-order valence-electron chi connectivity index (χ1n) is 10.1. The Balaban J connectivity index is 0.00000171. The van der Waals surface area contributed by atoms with Crippen molar-refractivity contribution >= 4 is 0 Å². The van der Waals surface area contributed by atoms with Crippen molar-refractivity contribution in [2.45, 2.75) is 50.1 Å². The second-order valence-corrected chi connectivity index (χ2v) is 7.79. The van der Waals surface area contributed by atoms with Crippen molar-refractivity contribution in [2.75, 3.05) is 13.1 Å². The molecule has 0 radical (unpaired) electrons. The first-order valence-corrected chi connectivity index (χ1v) is 10.1. The summed E-state index contributed by atoms with van der Waals surface area (Å²) in [6.45, 7) is 0.763. The highest BCUT2D eigenvalue weighted by Crippen LogP contribution is 2.30. The number of aliphatic hydroxyl groups excluding tert-OH is 2. The highest BCUT2D eigenvalue weighted by Gasteiger charge is 2.30. The molecule has 0 amide bonds. The number of aryl methyl sites for hydroxylation is 2. The lowest BCUT2D eigenvalue weighted by molar-refractivity contribution is -0.668. The number of quaternary nitrogens is 1. The van der Waals surface area contributed by atoms with Gasteiger partial charge in [-0.05, 0) is 73.2 Å². The summed E-state index contributed by atoms with van der Waals surface area (Å²) in [5.74, 6) is 0.664. The van der Waals surface area contributed by atoms with E-state index in [0.29, 0.717) is 50.3 Å². The van der Waals surface area contributed by atoms with Crippen LogP contribution in [0.3, 0.4) is 0 Å². The molecule has 2 aliphatic heterocycles. The number of ether oxygens (including phenoxy) is 2. The van der Waals surface area contributed by atoms with E-state index in [-0.39, 0.29) is 51.8 Å². The molecule has 4 rings (SSSR count). The summed E-state index contributed by atoms with van der Waals surface area (Å²) in [5, 5.41) is 22.8. The number of benzene rings is 2. The van der Waals surface area contributed by atoms with Crippen LogP contribution in [-0.4, -0.2) is 58.7 Å². The summed E-state index contributed by atoms with van der Waals surface area (Å²) in [4.78, 5) is 0. The van der Waals surface area contributed by atoms with E-state index in [4.69, 9.17) is 9.47 Å². The molecule has 2 aromatic rings. The average Bonchev–Trinajstić information content (AvgIpc) is 2.72. The SMILES string of the molecule is O.O.O[C@H](C[NH2+]C[C@@H](O)[C@H]1CCc2cc(F)ccc2O1)[C@@H]1CCc2cc(F)ccc2O1.[Br-]. The Hall–Kier alpha value is -1.82. The van der Waals surface area contributed by atoms with Gasteiger partial charge in [-0.2, -0.15) is 0 Å². The van der Waals surface area contributed by atoms with Crippen LogP contribution >= 0.6 is 0 Å². The number of rotatable bonds is 6. The molecule has 8 N–H and O–H groups in total. The first-order chi connectivity index (χ1) is 14.0. The van der Waals surface area contributed by atoms with Crippen LogP contribution < -0.4 is 31.8 Å². The van der Waals surface area contributed by atoms with Gasteiger partial charge in [-0.1, -0.05) is 0 Å². The lowest BCUT2D eigenvalue weighted by atomic mass is 9.98. The third-order valence-corrected chi connectivity index (χ3v) is 5.67. The molecule has 7 nitrogen and oxygen atoms in total. The molecule has 4 atom stereocenters. The van der Waals surface area contributed by atoms with Crippen molar-refractivity contribution in [1.29, 1.82) is 0 Å². The van der Waals surface area contributed by atoms with Gasteiger partial charge in [-0.25, -0.2) is 8.78 Å². The van der Waals surface area contributed by atoms with E-state index in [1.807, 2.05) is 5.32 Å². The number of halogens is 3. The zero-order chi connectivity index (χ0) is 20.4. The van der Waals surface area contributed by atoms with Crippen LogP contribution in [0.4, 0.5) is 8.78 Å². The topological polar surface area (TPSA) is 139 Å². The molecule has 0 aliphatic carbocycles. The molecule has 0 spiro atoms. The van der Waals surface area contributed by atoms with Gasteiger partial charge in [0.15, 0.2) is 0 Å². The van der Waals surface area contributed by atoms with Crippen LogP contribution in [0.1, 0.15) is 24.0 Å². The maximum Gasteiger partial charge on any atom is 0.139 e. The van der Waals surface area contributed by atoms with E-state index in [0.717, 1.165) is 11.1 Å². The van der Waals surface area contributed by atoms with Crippen molar-refractivity contribution < 1.29 is 61.7 Å². The van der Waals surface area contributed by atoms with Gasteiger partial charge < -0.3 is 52.9 Å². The predicted octanol–water partition coefficient (Wildman–Crippen LogP) is -3.31. The second-order valence-electron chi connectivity index (χ2n) is 7.79. The standard InChI is InChI=1S/C22H25F2NO4.BrH.2H2O/c23-15-3-7-19-13(9-15)1-5-21(28-19)17(26)11-25-12-18(27)22-6-2-14-10-16(24)4-8-20(14)29-22;;;/h3-4,7-10,17-18,21-22,25-27H,1-2,5-6,11-12H2;1H;2*1H2/t17-,18-,21-,22+;;;/m1.../s1. The summed E-state index contributed by atoms with van der Waals surface area (Å²) in [6, 6.07) is 8.84. The van der Waals surface area contributed by atoms with Gasteiger partial charge in [0.05, 0.1) is 0 Å². The third kappa shape index (κ3) is 6.60. The molecular weight excluding hydrogens is 492 g/mol. The fraction of sp³-hybridized carbons (Fsp3) is 0.455. The maximum atomic E-state index is 13.3. The predicted molar refractivity (Wildman–Crippen MR) is 109 cm³/mol. The molecule has 32 heavy (non-hydrogen) atoms. The quantitative estimate of drug-likeness (QED) is 0.366. The Morgan fingerprint density at radius 2 is 1.22 bits per heavy atom. The summed E-state index contributed by atoms with van der Waals surface area (Å²) in [7, 11) is 0. The summed E-state index contributed by atoms with van der Waals surface area (Å²) in [6.07, 6.45) is 0.455. The summed E-state index contributed by atoms with van der Waals surface area (Å²) in [5.41, 5.74) is 1.64. The van der Waals surface area contributed by atoms with Gasteiger partial charge in [0.2, 0.25) is 0 Å². The molecular formula is C22H30BrF2NO6. The Morgan fingerprint density at radius 3 is 1.62 bits per heavy atom. The van der Waals surface area contributed by atoms with Crippen molar-refractivity contribution in [1.82, 2.24) is 0 Å². The molecule has 0 saturated carbocycles. The van der Waals surface area contributed by atoms with Crippen LogP contribution in [0, 0.1) is 11.6 Å². The Kier molecular flexibility index (Phi) is 11.0. The number of fused-ring (bicyclic) bond motifs is 2. The fourth-order valence-electron chi connectivity index (χ4n) is 4.04. The Labute approximate surface area is 195 Å². The summed E-state index contributed by atoms with van der Waals surface area (Å²) >= 11 is 0. The van der Waals surface area contributed by atoms with Crippen LogP contribution in [0.2, 0.25) is 0 Å². The lowest BCUT2D eigenvalue weighted by Gasteiger charge is -2.30. The smallest absolute Gasteiger partial charge is 0.139 e. The molecule has 0 unspecified atom stereocenters. The minimum Gasteiger partial charge on any atom is -1.00 e. The van der Waals surface area contributed by atoms with Gasteiger partial charge in [0.1, 0.15) is 60.6 Å². The Bertz CT molecular complexity index is 805. The summed E-state index contributed by atoms with van der Waals surface area (Å²) < 4.78 is 38.2. The zero-order valence-electron chi connectivity index (χ0n) is 17.4. The van der Waals surface area contributed by atoms with Gasteiger partial charge in [0.25, 0.3) is 0 Å². The van der Waals surface area contributed by atoms with Gasteiger partial charge in [-0.3, -0.25) is 0 Å². The highest BCUT2D eigenvalue weighted by atomic mass is 79.9. The van der Waals surface area contributed by atoms with E-state index in [2.05, 4.69) is 0 Å². The minimum atomic E-state index is -0.698. The number of hydrogen-bond acceptors (Lipinski definition) is 4. The van der Waals surface area contributed by atoms with E-state index in [9.17, 15) is 19.0 Å². The van der Waals surface area contributed by atoms with E-state index >= 15 is 0 Å². The lowest BCUT2D eigenvalue weighted by Crippen LogP contribution is -3.00. The van der Waals surface area contributed by atoms with Crippen LogP contribution in [-0.2, 0) is 12.8 Å². The van der Waals surface area contributed by atoms with E-state index < -0.39 is 12.2 Å². The van der Waals surface area contributed by atoms with Gasteiger partial charge >= 0.3 is 0 Å². The molecule has 2 aliphatic rings. The molecule has 0 aromatic heterocycles. The van der Waals surface area contributed by atoms with Gasteiger partial charge in [0, 0.05) is 0 Å². The van der Waals surface area contributed by atoms with Crippen LogP contribution in [0.25, 0.3) is 0 Å². The van der Waals surface area contributed by atoms with E-state index in [1.54, 1.807) is 12.1 Å². The molecule has 180 valence electrons. The highest BCUT2D eigenvalue weighted by molar-refractivity contribution is 5.36. The first kappa shape index (κ1) is 28.2. The molecule has 0 bridgehead atoms. The largest absolute Gasteiger partial charge is 1.00 e. The molecule has 0 saturated heterocycles. The van der Waals surface area contributed by atoms with Crippen molar-refractivity contribution in [2.24, 2.45) is 0 Å². The normalized spacial score (nSPS) is 20.5. The molecule has 2 heterocycles. The van der Waals surface area contributed by atoms with E-state index in [1.165, 1.54) is 24.3 Å². The fourth-order valence-corrected chi connectivity index (χ4v) is 4.04. The van der Waals surface area contributed by atoms with Crippen molar-refractivity contribution in [3.05, 3.63) is 59.2 Å². The van der Waals surface area contributed by atoms with Crippen molar-refractivity contribution in [3.63, 3.8) is 0 Å². The van der Waals surface area contributed by atoms with Gasteiger partial charge in [-0.15, -0.1) is 0 Å². The molecule has 2 aromatic carbocycles. The Morgan fingerprint density at radius 1 is 0.812 bits per heavy atom. The van der Waals surface area contributed by atoms with Crippen LogP contribution in [0.15, 0.2) is 36.4 Å². The monoisotopic (exact) mass is 521 g/mol. The third-order valence-electron chi connectivity index (χ3n) is 5.67. The maximum absolute atomic E-state index is 13.3. The number of aliphatic hydroxyl groups is 2. The molecule has 0 fully saturated rings. The second kappa shape index (κ2) is 12.4. The van der Waals surface area contributed by atoms with Crippen LogP contribution in [0.5, 0.6) is 11.5 Å². The molecule has 10 heteroatoms. The number of nitrogens with two attached hydrogens (primary N) is 1. The number of hydrogen-bond donors (Lipinski definition) is 3. The minimum absolute atomic E-state index is 0. The average molecular weight is 522 g/mol. The van der Waals surface area contributed by atoms with Crippen molar-refractivity contribution in [3.8, 4) is 11.5 Å².